The van der Waals surface area contributed by atoms with Gasteiger partial charge in [0.05, 0.1) is 4.83 Å². The van der Waals surface area contributed by atoms with Gasteiger partial charge in [0.15, 0.2) is 5.78 Å². The van der Waals surface area contributed by atoms with Crippen LogP contribution in [0.4, 0.5) is 0 Å². The van der Waals surface area contributed by atoms with Gasteiger partial charge in [-0.15, -0.1) is 0 Å². The van der Waals surface area contributed by atoms with E-state index in [1.807, 2.05) is 6.92 Å². The lowest BCUT2D eigenvalue weighted by molar-refractivity contribution is -0.157. The normalized spacial score (nSPS) is 22.0. The molecule has 3 nitrogen and oxygen atoms in total. The largest absolute Gasteiger partial charge is 0.480 e. The average molecular weight is 277 g/mol. The molecule has 1 fully saturated rings. The Balaban J connectivity index is 2.90. The number of hydrogen-bond acceptors (Lipinski definition) is 2. The van der Waals surface area contributed by atoms with E-state index in [-0.39, 0.29) is 10.6 Å². The Labute approximate surface area is 98.4 Å². The molecule has 0 saturated heterocycles. The van der Waals surface area contributed by atoms with E-state index in [0.29, 0.717) is 19.3 Å². The number of ketones is 1. The van der Waals surface area contributed by atoms with Crippen LogP contribution >= 0.6 is 15.9 Å². The summed E-state index contributed by atoms with van der Waals surface area (Å²) >= 11 is 3.27. The molecule has 1 N–H and O–H groups in total. The summed E-state index contributed by atoms with van der Waals surface area (Å²) in [4.78, 5) is 23.0. The van der Waals surface area contributed by atoms with E-state index < -0.39 is 11.4 Å². The standard InChI is InChI=1S/C11H17BrO3/c1-2-8(12)9(13)11(10(14)15)6-4-3-5-7-11/h8H,2-7H2,1H3,(H,14,15). The van der Waals surface area contributed by atoms with Crippen molar-refractivity contribution in [3.05, 3.63) is 0 Å². The smallest absolute Gasteiger partial charge is 0.317 e. The maximum absolute atomic E-state index is 12.1. The van der Waals surface area contributed by atoms with Crippen molar-refractivity contribution < 1.29 is 14.7 Å². The number of hydrogen-bond donors (Lipinski definition) is 1. The zero-order valence-corrected chi connectivity index (χ0v) is 10.5. The summed E-state index contributed by atoms with van der Waals surface area (Å²) in [5.74, 6) is -1.08. The molecule has 1 aliphatic carbocycles. The van der Waals surface area contributed by atoms with Crippen LogP contribution in [0.15, 0.2) is 0 Å². The lowest BCUT2D eigenvalue weighted by Gasteiger charge is -2.33. The van der Waals surface area contributed by atoms with E-state index in [2.05, 4.69) is 15.9 Å². The van der Waals surface area contributed by atoms with Crippen LogP contribution in [-0.2, 0) is 9.59 Å². The van der Waals surface area contributed by atoms with E-state index in [4.69, 9.17) is 0 Å². The molecule has 0 aromatic heterocycles. The van der Waals surface area contributed by atoms with Crippen molar-refractivity contribution in [3.8, 4) is 0 Å². The van der Waals surface area contributed by atoms with Crippen molar-refractivity contribution in [3.63, 3.8) is 0 Å². The van der Waals surface area contributed by atoms with Gasteiger partial charge in [0.2, 0.25) is 0 Å². The monoisotopic (exact) mass is 276 g/mol. The lowest BCUT2D eigenvalue weighted by Crippen LogP contribution is -2.44. The van der Waals surface area contributed by atoms with Gasteiger partial charge >= 0.3 is 5.97 Å². The van der Waals surface area contributed by atoms with Gasteiger partial charge in [0.25, 0.3) is 0 Å². The number of rotatable bonds is 4. The third-order valence-electron chi connectivity index (χ3n) is 3.23. The number of Topliss-reactive ketones (excluding diaryl/α,β-unsaturated/α-hetero) is 1. The van der Waals surface area contributed by atoms with Gasteiger partial charge in [-0.3, -0.25) is 9.59 Å². The maximum Gasteiger partial charge on any atom is 0.317 e. The second kappa shape index (κ2) is 5.10. The Bertz CT molecular complexity index is 257. The van der Waals surface area contributed by atoms with Gasteiger partial charge in [-0.05, 0) is 19.3 Å². The molecule has 1 atom stereocenters. The third kappa shape index (κ3) is 2.41. The number of carbonyl (C=O) groups is 2. The fourth-order valence-corrected chi connectivity index (χ4v) is 2.64. The van der Waals surface area contributed by atoms with Crippen LogP contribution in [0.25, 0.3) is 0 Å². The molecule has 0 heterocycles. The van der Waals surface area contributed by atoms with Crippen LogP contribution in [0.5, 0.6) is 0 Å². The zero-order chi connectivity index (χ0) is 11.5. The first-order valence-corrected chi connectivity index (χ1v) is 6.38. The fraction of sp³-hybridized carbons (Fsp3) is 0.818. The minimum absolute atomic E-state index is 0.141. The van der Waals surface area contributed by atoms with Crippen LogP contribution in [0.2, 0.25) is 0 Å². The highest BCUT2D eigenvalue weighted by atomic mass is 79.9. The first kappa shape index (κ1) is 12.7. The van der Waals surface area contributed by atoms with Crippen molar-refractivity contribution in [2.24, 2.45) is 5.41 Å². The van der Waals surface area contributed by atoms with Gasteiger partial charge in [-0.1, -0.05) is 42.1 Å². The summed E-state index contributed by atoms with van der Waals surface area (Å²) in [5, 5.41) is 9.26. The topological polar surface area (TPSA) is 54.4 Å². The molecule has 0 amide bonds. The highest BCUT2D eigenvalue weighted by molar-refractivity contribution is 9.10. The van der Waals surface area contributed by atoms with Crippen LogP contribution < -0.4 is 0 Å². The Morgan fingerprint density at radius 2 is 1.87 bits per heavy atom. The Morgan fingerprint density at radius 1 is 1.33 bits per heavy atom. The van der Waals surface area contributed by atoms with Gasteiger partial charge < -0.3 is 5.11 Å². The minimum Gasteiger partial charge on any atom is -0.480 e. The van der Waals surface area contributed by atoms with E-state index in [1.54, 1.807) is 0 Å². The van der Waals surface area contributed by atoms with Gasteiger partial charge in [-0.25, -0.2) is 0 Å². The highest BCUT2D eigenvalue weighted by Crippen LogP contribution is 2.39. The number of halogens is 1. The first-order valence-electron chi connectivity index (χ1n) is 5.46. The van der Waals surface area contributed by atoms with Gasteiger partial charge in [0, 0.05) is 0 Å². The number of carbonyl (C=O) groups excluding carboxylic acids is 1. The Morgan fingerprint density at radius 3 is 2.27 bits per heavy atom. The molecule has 0 aliphatic heterocycles. The second-order valence-corrected chi connectivity index (χ2v) is 5.29. The molecule has 1 rings (SSSR count). The van der Waals surface area contributed by atoms with Crippen molar-refractivity contribution >= 4 is 27.7 Å². The van der Waals surface area contributed by atoms with E-state index in [9.17, 15) is 14.7 Å². The summed E-state index contributed by atoms with van der Waals surface area (Å²) < 4.78 is 0. The van der Waals surface area contributed by atoms with E-state index in [1.165, 1.54) is 0 Å². The molecule has 1 aliphatic rings. The number of carboxylic acid groups (broad SMARTS) is 1. The molecule has 1 saturated carbocycles. The van der Waals surface area contributed by atoms with Crippen molar-refractivity contribution in [1.29, 1.82) is 0 Å². The van der Waals surface area contributed by atoms with Gasteiger partial charge in [0.1, 0.15) is 5.41 Å². The minimum atomic E-state index is -1.11. The average Bonchev–Trinajstić information content (AvgIpc) is 2.27. The third-order valence-corrected chi connectivity index (χ3v) is 4.29. The molecule has 0 radical (unpaired) electrons. The van der Waals surface area contributed by atoms with Crippen LogP contribution in [-0.4, -0.2) is 21.7 Å². The molecule has 86 valence electrons. The van der Waals surface area contributed by atoms with Crippen LogP contribution in [0.1, 0.15) is 45.4 Å². The molecule has 4 heteroatoms. The van der Waals surface area contributed by atoms with Crippen LogP contribution in [0, 0.1) is 5.41 Å². The predicted octanol–water partition coefficient (Wildman–Crippen LogP) is 2.76. The summed E-state index contributed by atoms with van der Waals surface area (Å²) in [6.07, 6.45) is 4.39. The lowest BCUT2D eigenvalue weighted by atomic mass is 9.70. The molecule has 15 heavy (non-hydrogen) atoms. The fourth-order valence-electron chi connectivity index (χ4n) is 2.21. The van der Waals surface area contributed by atoms with E-state index >= 15 is 0 Å². The number of carboxylic acids is 1. The molecule has 0 spiro atoms. The van der Waals surface area contributed by atoms with Crippen molar-refractivity contribution in [2.45, 2.75) is 50.3 Å². The predicted molar refractivity (Wildman–Crippen MR) is 61.2 cm³/mol. The van der Waals surface area contributed by atoms with Gasteiger partial charge in [-0.2, -0.15) is 0 Å². The summed E-state index contributed by atoms with van der Waals surface area (Å²) in [6, 6.07) is 0. The molecule has 0 aromatic rings. The quantitative estimate of drug-likeness (QED) is 0.635. The van der Waals surface area contributed by atoms with Crippen molar-refractivity contribution in [2.75, 3.05) is 0 Å². The Kier molecular flexibility index (Phi) is 4.32. The molecule has 0 bridgehead atoms. The molecular weight excluding hydrogens is 260 g/mol. The number of aliphatic carboxylic acids is 1. The van der Waals surface area contributed by atoms with Crippen molar-refractivity contribution in [1.82, 2.24) is 0 Å². The van der Waals surface area contributed by atoms with E-state index in [0.717, 1.165) is 19.3 Å². The Hall–Kier alpha value is -0.380. The number of alkyl halides is 1. The molecule has 0 aromatic carbocycles. The summed E-state index contributed by atoms with van der Waals surface area (Å²) in [5.41, 5.74) is -1.11. The maximum atomic E-state index is 12.1. The zero-order valence-electron chi connectivity index (χ0n) is 8.96. The molecule has 1 unspecified atom stereocenters. The highest BCUT2D eigenvalue weighted by Gasteiger charge is 2.47. The SMILES string of the molecule is CCC(Br)C(=O)C1(C(=O)O)CCCCC1. The summed E-state index contributed by atoms with van der Waals surface area (Å²) in [7, 11) is 0. The molecular formula is C11H17BrO3. The van der Waals surface area contributed by atoms with Crippen LogP contribution in [0.3, 0.4) is 0 Å². The second-order valence-electron chi connectivity index (χ2n) is 4.19. The summed E-state index contributed by atoms with van der Waals surface area (Å²) in [6.45, 7) is 1.88. The first-order chi connectivity index (χ1) is 7.04.